The van der Waals surface area contributed by atoms with Gasteiger partial charge in [0.15, 0.2) is 0 Å². The SMILES string of the molecule is Cc1cc(C#N)cc(C)c1OCc1ccc(Br)cc1Cl. The second-order valence-corrected chi connectivity index (χ2v) is 5.90. The molecule has 0 saturated heterocycles. The summed E-state index contributed by atoms with van der Waals surface area (Å²) >= 11 is 9.55. The maximum atomic E-state index is 8.93. The van der Waals surface area contributed by atoms with Crippen molar-refractivity contribution in [2.75, 3.05) is 0 Å². The summed E-state index contributed by atoms with van der Waals surface area (Å²) in [7, 11) is 0. The van der Waals surface area contributed by atoms with E-state index in [1.807, 2.05) is 44.2 Å². The van der Waals surface area contributed by atoms with Gasteiger partial charge in [-0.1, -0.05) is 33.6 Å². The second kappa shape index (κ2) is 6.30. The smallest absolute Gasteiger partial charge is 0.125 e. The number of rotatable bonds is 3. The van der Waals surface area contributed by atoms with Crippen LogP contribution in [0, 0.1) is 25.2 Å². The van der Waals surface area contributed by atoms with E-state index in [-0.39, 0.29) is 0 Å². The van der Waals surface area contributed by atoms with Crippen molar-refractivity contribution in [1.82, 2.24) is 0 Å². The Morgan fingerprint density at radius 1 is 1.20 bits per heavy atom. The van der Waals surface area contributed by atoms with Gasteiger partial charge < -0.3 is 4.74 Å². The molecule has 102 valence electrons. The van der Waals surface area contributed by atoms with E-state index in [4.69, 9.17) is 21.6 Å². The van der Waals surface area contributed by atoms with Crippen LogP contribution in [0.5, 0.6) is 5.75 Å². The van der Waals surface area contributed by atoms with Crippen LogP contribution in [0.2, 0.25) is 5.02 Å². The number of ether oxygens (including phenoxy) is 1. The lowest BCUT2D eigenvalue weighted by molar-refractivity contribution is 0.302. The Morgan fingerprint density at radius 3 is 2.40 bits per heavy atom. The van der Waals surface area contributed by atoms with E-state index in [1.165, 1.54) is 0 Å². The molecule has 0 aliphatic carbocycles. The number of benzene rings is 2. The molecule has 0 aromatic heterocycles. The Kier molecular flexibility index (Phi) is 4.69. The standard InChI is InChI=1S/C16H13BrClNO/c1-10-5-12(8-19)6-11(2)16(10)20-9-13-3-4-14(17)7-15(13)18/h3-7H,9H2,1-2H3. The number of aryl methyl sites for hydroxylation is 2. The van der Waals surface area contributed by atoms with Crippen LogP contribution in [-0.2, 0) is 6.61 Å². The van der Waals surface area contributed by atoms with E-state index >= 15 is 0 Å². The first-order chi connectivity index (χ1) is 9.51. The molecule has 2 rings (SSSR count). The summed E-state index contributed by atoms with van der Waals surface area (Å²) in [4.78, 5) is 0. The van der Waals surface area contributed by atoms with Gasteiger partial charge in [0.25, 0.3) is 0 Å². The lowest BCUT2D eigenvalue weighted by Crippen LogP contribution is -2.00. The van der Waals surface area contributed by atoms with Crippen molar-refractivity contribution in [1.29, 1.82) is 5.26 Å². The zero-order valence-electron chi connectivity index (χ0n) is 11.2. The van der Waals surface area contributed by atoms with Crippen molar-refractivity contribution in [3.63, 3.8) is 0 Å². The van der Waals surface area contributed by atoms with Gasteiger partial charge in [-0.2, -0.15) is 5.26 Å². The highest BCUT2D eigenvalue weighted by Gasteiger charge is 2.08. The summed E-state index contributed by atoms with van der Waals surface area (Å²) < 4.78 is 6.81. The highest BCUT2D eigenvalue weighted by Crippen LogP contribution is 2.27. The summed E-state index contributed by atoms with van der Waals surface area (Å²) in [6.45, 7) is 4.28. The third kappa shape index (κ3) is 3.33. The van der Waals surface area contributed by atoms with Crippen LogP contribution >= 0.6 is 27.5 Å². The lowest BCUT2D eigenvalue weighted by Gasteiger charge is -2.13. The van der Waals surface area contributed by atoms with E-state index in [0.29, 0.717) is 17.2 Å². The van der Waals surface area contributed by atoms with E-state index in [0.717, 1.165) is 26.9 Å². The van der Waals surface area contributed by atoms with Gasteiger partial charge in [-0.15, -0.1) is 0 Å². The quantitative estimate of drug-likeness (QED) is 0.765. The van der Waals surface area contributed by atoms with Gasteiger partial charge in [0.2, 0.25) is 0 Å². The van der Waals surface area contributed by atoms with Crippen LogP contribution in [0.1, 0.15) is 22.3 Å². The molecule has 0 unspecified atom stereocenters. The fourth-order valence-electron chi connectivity index (χ4n) is 2.03. The first-order valence-electron chi connectivity index (χ1n) is 6.09. The van der Waals surface area contributed by atoms with E-state index in [1.54, 1.807) is 0 Å². The summed E-state index contributed by atoms with van der Waals surface area (Å²) in [5, 5.41) is 9.60. The van der Waals surface area contributed by atoms with Crippen molar-refractivity contribution in [3.05, 3.63) is 62.1 Å². The van der Waals surface area contributed by atoms with Gasteiger partial charge >= 0.3 is 0 Å². The fraction of sp³-hybridized carbons (Fsp3) is 0.188. The Labute approximate surface area is 132 Å². The Bertz CT molecular complexity index is 668. The molecule has 0 aliphatic heterocycles. The predicted octanol–water partition coefficient (Wildman–Crippen LogP) is 5.17. The number of hydrogen-bond acceptors (Lipinski definition) is 2. The normalized spacial score (nSPS) is 10.2. The highest BCUT2D eigenvalue weighted by atomic mass is 79.9. The largest absolute Gasteiger partial charge is 0.488 e. The van der Waals surface area contributed by atoms with Gasteiger partial charge in [0, 0.05) is 15.1 Å². The monoisotopic (exact) mass is 349 g/mol. The molecule has 0 heterocycles. The van der Waals surface area contributed by atoms with Gasteiger partial charge in [-0.25, -0.2) is 0 Å². The van der Waals surface area contributed by atoms with Crippen molar-refractivity contribution in [3.8, 4) is 11.8 Å². The van der Waals surface area contributed by atoms with Crippen LogP contribution in [0.3, 0.4) is 0 Å². The molecule has 0 fully saturated rings. The molecule has 0 amide bonds. The molecule has 0 aliphatic rings. The Hall–Kier alpha value is -1.50. The summed E-state index contributed by atoms with van der Waals surface area (Å²) in [6.07, 6.45) is 0. The molecule has 4 heteroatoms. The van der Waals surface area contributed by atoms with Gasteiger partial charge in [0.1, 0.15) is 12.4 Å². The van der Waals surface area contributed by atoms with Gasteiger partial charge in [-0.05, 0) is 49.2 Å². The maximum Gasteiger partial charge on any atom is 0.125 e. The molecule has 2 aromatic carbocycles. The molecule has 0 saturated carbocycles. The van der Waals surface area contributed by atoms with Crippen LogP contribution in [0.25, 0.3) is 0 Å². The molecule has 0 N–H and O–H groups in total. The second-order valence-electron chi connectivity index (χ2n) is 4.58. The zero-order valence-corrected chi connectivity index (χ0v) is 13.5. The maximum absolute atomic E-state index is 8.93. The molecule has 0 bridgehead atoms. The number of halogens is 2. The molecular weight excluding hydrogens is 338 g/mol. The van der Waals surface area contributed by atoms with Gasteiger partial charge in [0.05, 0.1) is 11.6 Å². The third-order valence-electron chi connectivity index (χ3n) is 2.98. The predicted molar refractivity (Wildman–Crippen MR) is 84.1 cm³/mol. The minimum Gasteiger partial charge on any atom is -0.488 e. The highest BCUT2D eigenvalue weighted by molar-refractivity contribution is 9.10. The van der Waals surface area contributed by atoms with Gasteiger partial charge in [-0.3, -0.25) is 0 Å². The van der Waals surface area contributed by atoms with Crippen molar-refractivity contribution >= 4 is 27.5 Å². The van der Waals surface area contributed by atoms with Crippen LogP contribution < -0.4 is 4.74 Å². The summed E-state index contributed by atoms with van der Waals surface area (Å²) in [5.41, 5.74) is 3.48. The molecule has 0 spiro atoms. The number of hydrogen-bond donors (Lipinski definition) is 0. The Morgan fingerprint density at radius 2 is 1.85 bits per heavy atom. The van der Waals surface area contributed by atoms with E-state index < -0.39 is 0 Å². The molecule has 0 atom stereocenters. The zero-order chi connectivity index (χ0) is 14.7. The first-order valence-corrected chi connectivity index (χ1v) is 7.26. The molecular formula is C16H13BrClNO. The third-order valence-corrected chi connectivity index (χ3v) is 3.82. The summed E-state index contributed by atoms with van der Waals surface area (Å²) in [6, 6.07) is 11.5. The van der Waals surface area contributed by atoms with Crippen molar-refractivity contribution in [2.45, 2.75) is 20.5 Å². The molecule has 0 radical (unpaired) electrons. The topological polar surface area (TPSA) is 33.0 Å². The van der Waals surface area contributed by atoms with Crippen molar-refractivity contribution < 1.29 is 4.74 Å². The van der Waals surface area contributed by atoms with Crippen LogP contribution in [-0.4, -0.2) is 0 Å². The molecule has 2 aromatic rings. The van der Waals surface area contributed by atoms with Crippen molar-refractivity contribution in [2.24, 2.45) is 0 Å². The fourth-order valence-corrected chi connectivity index (χ4v) is 2.76. The van der Waals surface area contributed by atoms with E-state index in [2.05, 4.69) is 22.0 Å². The number of nitrogens with zero attached hydrogens (tertiary/aromatic N) is 1. The van der Waals surface area contributed by atoms with Crippen LogP contribution in [0.15, 0.2) is 34.8 Å². The average Bonchev–Trinajstić information content (AvgIpc) is 2.39. The average molecular weight is 351 g/mol. The van der Waals surface area contributed by atoms with E-state index in [9.17, 15) is 0 Å². The molecule has 20 heavy (non-hydrogen) atoms. The minimum atomic E-state index is 0.402. The Balaban J connectivity index is 2.21. The minimum absolute atomic E-state index is 0.402. The number of nitriles is 1. The lowest BCUT2D eigenvalue weighted by atomic mass is 10.1. The summed E-state index contributed by atoms with van der Waals surface area (Å²) in [5.74, 6) is 0.808. The molecule has 2 nitrogen and oxygen atoms in total. The van der Waals surface area contributed by atoms with Crippen LogP contribution in [0.4, 0.5) is 0 Å². The first kappa shape index (κ1) is 14.9.